The molecule has 1 unspecified atom stereocenters. The normalized spacial score (nSPS) is 13.7. The molecule has 0 amide bonds. The van der Waals surface area contributed by atoms with E-state index in [-0.39, 0.29) is 5.41 Å². The standard InChI is InChI=1S/C19H25NO/c1-4-21-17-10-7-9-16(12-17)13-19(3,14-20)18-11-6-5-8-15(18)2/h5-12H,4,13-14,20H2,1-3H3. The Balaban J connectivity index is 2.30. The summed E-state index contributed by atoms with van der Waals surface area (Å²) in [6, 6.07) is 16.8. The van der Waals surface area contributed by atoms with Crippen LogP contribution in [-0.4, -0.2) is 13.2 Å². The summed E-state index contributed by atoms with van der Waals surface area (Å²) in [5.41, 5.74) is 9.95. The van der Waals surface area contributed by atoms with Crippen LogP contribution in [0, 0.1) is 6.92 Å². The highest BCUT2D eigenvalue weighted by atomic mass is 16.5. The van der Waals surface area contributed by atoms with Gasteiger partial charge in [0.2, 0.25) is 0 Å². The van der Waals surface area contributed by atoms with Crippen LogP contribution >= 0.6 is 0 Å². The second-order valence-electron chi connectivity index (χ2n) is 5.84. The first-order valence-electron chi connectivity index (χ1n) is 7.57. The van der Waals surface area contributed by atoms with Crippen molar-refractivity contribution in [2.24, 2.45) is 5.73 Å². The van der Waals surface area contributed by atoms with Crippen molar-refractivity contribution in [2.75, 3.05) is 13.2 Å². The molecular weight excluding hydrogens is 258 g/mol. The minimum atomic E-state index is -0.0593. The van der Waals surface area contributed by atoms with Gasteiger partial charge in [-0.05, 0) is 49.1 Å². The third kappa shape index (κ3) is 3.64. The van der Waals surface area contributed by atoms with Crippen LogP contribution in [0.5, 0.6) is 5.75 Å². The van der Waals surface area contributed by atoms with Crippen LogP contribution in [0.4, 0.5) is 0 Å². The zero-order chi connectivity index (χ0) is 15.3. The van der Waals surface area contributed by atoms with Gasteiger partial charge in [-0.3, -0.25) is 0 Å². The molecule has 0 spiro atoms. The van der Waals surface area contributed by atoms with Crippen LogP contribution in [0.1, 0.15) is 30.5 Å². The van der Waals surface area contributed by atoms with Gasteiger partial charge in [0, 0.05) is 12.0 Å². The Hall–Kier alpha value is -1.80. The molecule has 0 aliphatic carbocycles. The lowest BCUT2D eigenvalue weighted by molar-refractivity contribution is 0.339. The van der Waals surface area contributed by atoms with E-state index in [4.69, 9.17) is 10.5 Å². The molecule has 112 valence electrons. The fraction of sp³-hybridized carbons (Fsp3) is 0.368. The van der Waals surface area contributed by atoms with E-state index in [9.17, 15) is 0 Å². The van der Waals surface area contributed by atoms with Crippen LogP contribution in [0.3, 0.4) is 0 Å². The molecule has 0 heterocycles. The monoisotopic (exact) mass is 283 g/mol. The molecule has 0 aliphatic rings. The van der Waals surface area contributed by atoms with E-state index < -0.39 is 0 Å². The molecule has 2 N–H and O–H groups in total. The average Bonchev–Trinajstić information content (AvgIpc) is 2.48. The van der Waals surface area contributed by atoms with Gasteiger partial charge in [0.1, 0.15) is 5.75 Å². The Kier molecular flexibility index (Phi) is 5.03. The predicted octanol–water partition coefficient (Wildman–Crippen LogP) is 3.85. The highest BCUT2D eigenvalue weighted by molar-refractivity contribution is 5.37. The third-order valence-corrected chi connectivity index (χ3v) is 4.05. The number of aryl methyl sites for hydroxylation is 1. The first kappa shape index (κ1) is 15.6. The molecule has 0 saturated heterocycles. The molecule has 2 aromatic rings. The van der Waals surface area contributed by atoms with Gasteiger partial charge in [-0.15, -0.1) is 0 Å². The van der Waals surface area contributed by atoms with Crippen molar-refractivity contribution in [1.82, 2.24) is 0 Å². The lowest BCUT2D eigenvalue weighted by atomic mass is 9.75. The van der Waals surface area contributed by atoms with E-state index >= 15 is 0 Å². The number of hydrogen-bond acceptors (Lipinski definition) is 2. The summed E-state index contributed by atoms with van der Waals surface area (Å²) in [5.74, 6) is 0.930. The second kappa shape index (κ2) is 6.77. The molecule has 0 fully saturated rings. The summed E-state index contributed by atoms with van der Waals surface area (Å²) >= 11 is 0. The largest absolute Gasteiger partial charge is 0.494 e. The van der Waals surface area contributed by atoms with E-state index in [1.54, 1.807) is 0 Å². The Labute approximate surface area is 127 Å². The molecule has 0 radical (unpaired) electrons. The number of nitrogens with two attached hydrogens (primary N) is 1. The summed E-state index contributed by atoms with van der Waals surface area (Å²) in [5, 5.41) is 0. The van der Waals surface area contributed by atoms with Crippen molar-refractivity contribution in [2.45, 2.75) is 32.6 Å². The molecule has 1 atom stereocenters. The van der Waals surface area contributed by atoms with E-state index in [0.29, 0.717) is 13.2 Å². The molecule has 2 aromatic carbocycles. The topological polar surface area (TPSA) is 35.2 Å². The number of rotatable bonds is 6. The summed E-state index contributed by atoms with van der Waals surface area (Å²) in [7, 11) is 0. The Morgan fingerprint density at radius 2 is 1.86 bits per heavy atom. The van der Waals surface area contributed by atoms with Crippen LogP contribution in [-0.2, 0) is 11.8 Å². The highest BCUT2D eigenvalue weighted by Crippen LogP contribution is 2.30. The molecule has 21 heavy (non-hydrogen) atoms. The van der Waals surface area contributed by atoms with Gasteiger partial charge in [-0.25, -0.2) is 0 Å². The fourth-order valence-corrected chi connectivity index (χ4v) is 2.89. The molecule has 0 saturated carbocycles. The summed E-state index contributed by atoms with van der Waals surface area (Å²) in [6.07, 6.45) is 0.912. The highest BCUT2D eigenvalue weighted by Gasteiger charge is 2.26. The van der Waals surface area contributed by atoms with Gasteiger partial charge in [-0.1, -0.05) is 43.3 Å². The van der Waals surface area contributed by atoms with Crippen LogP contribution in [0.2, 0.25) is 0 Å². The van der Waals surface area contributed by atoms with Crippen LogP contribution in [0.25, 0.3) is 0 Å². The van der Waals surface area contributed by atoms with Gasteiger partial charge < -0.3 is 10.5 Å². The molecule has 0 bridgehead atoms. The first-order chi connectivity index (χ1) is 10.1. The second-order valence-corrected chi connectivity index (χ2v) is 5.84. The molecular formula is C19H25NO. The SMILES string of the molecule is CCOc1cccc(CC(C)(CN)c2ccccc2C)c1. The van der Waals surface area contributed by atoms with Gasteiger partial charge >= 0.3 is 0 Å². The fourth-order valence-electron chi connectivity index (χ4n) is 2.89. The molecule has 2 nitrogen and oxygen atoms in total. The zero-order valence-corrected chi connectivity index (χ0v) is 13.2. The summed E-state index contributed by atoms with van der Waals surface area (Å²) in [6.45, 7) is 7.71. The number of benzene rings is 2. The van der Waals surface area contributed by atoms with Gasteiger partial charge in [0.25, 0.3) is 0 Å². The Morgan fingerprint density at radius 3 is 2.52 bits per heavy atom. The third-order valence-electron chi connectivity index (χ3n) is 4.05. The minimum Gasteiger partial charge on any atom is -0.494 e. The van der Waals surface area contributed by atoms with Gasteiger partial charge in [-0.2, -0.15) is 0 Å². The van der Waals surface area contributed by atoms with Crippen molar-refractivity contribution in [3.63, 3.8) is 0 Å². The van der Waals surface area contributed by atoms with E-state index in [0.717, 1.165) is 12.2 Å². The summed E-state index contributed by atoms with van der Waals surface area (Å²) < 4.78 is 5.59. The molecule has 0 aromatic heterocycles. The Morgan fingerprint density at radius 1 is 1.10 bits per heavy atom. The maximum absolute atomic E-state index is 6.12. The van der Waals surface area contributed by atoms with Crippen molar-refractivity contribution in [3.8, 4) is 5.75 Å². The molecule has 2 rings (SSSR count). The van der Waals surface area contributed by atoms with Crippen molar-refractivity contribution in [3.05, 3.63) is 65.2 Å². The van der Waals surface area contributed by atoms with Crippen molar-refractivity contribution < 1.29 is 4.74 Å². The van der Waals surface area contributed by atoms with E-state index in [2.05, 4.69) is 56.3 Å². The maximum Gasteiger partial charge on any atom is 0.119 e. The predicted molar refractivity (Wildman–Crippen MR) is 88.9 cm³/mol. The Bertz CT molecular complexity index is 594. The lowest BCUT2D eigenvalue weighted by Gasteiger charge is -2.30. The minimum absolute atomic E-state index is 0.0593. The number of hydrogen-bond donors (Lipinski definition) is 1. The average molecular weight is 283 g/mol. The smallest absolute Gasteiger partial charge is 0.119 e. The maximum atomic E-state index is 6.12. The first-order valence-corrected chi connectivity index (χ1v) is 7.57. The molecule has 0 aliphatic heterocycles. The van der Waals surface area contributed by atoms with E-state index in [1.807, 2.05) is 13.0 Å². The van der Waals surface area contributed by atoms with Gasteiger partial charge in [0.05, 0.1) is 6.61 Å². The van der Waals surface area contributed by atoms with Gasteiger partial charge in [0.15, 0.2) is 0 Å². The van der Waals surface area contributed by atoms with Crippen molar-refractivity contribution in [1.29, 1.82) is 0 Å². The van der Waals surface area contributed by atoms with Crippen LogP contribution < -0.4 is 10.5 Å². The van der Waals surface area contributed by atoms with Crippen LogP contribution in [0.15, 0.2) is 48.5 Å². The zero-order valence-electron chi connectivity index (χ0n) is 13.2. The van der Waals surface area contributed by atoms with E-state index in [1.165, 1.54) is 16.7 Å². The number of ether oxygens (including phenoxy) is 1. The van der Waals surface area contributed by atoms with Crippen molar-refractivity contribution >= 4 is 0 Å². The quantitative estimate of drug-likeness (QED) is 0.874. The lowest BCUT2D eigenvalue weighted by Crippen LogP contribution is -2.34. The summed E-state index contributed by atoms with van der Waals surface area (Å²) in [4.78, 5) is 0. The molecule has 2 heteroatoms.